The van der Waals surface area contributed by atoms with Crippen molar-refractivity contribution in [2.45, 2.75) is 6.10 Å². The molecule has 0 aliphatic heterocycles. The molecule has 0 bridgehead atoms. The summed E-state index contributed by atoms with van der Waals surface area (Å²) in [4.78, 5) is 11.5. The lowest BCUT2D eigenvalue weighted by atomic mass is 10.1. The third-order valence-corrected chi connectivity index (χ3v) is 2.65. The molecule has 0 amide bonds. The molecule has 1 aromatic carbocycles. The molecule has 0 spiro atoms. The first kappa shape index (κ1) is 9.99. The molecule has 4 heteroatoms. The Bertz CT molecular complexity index is 600. The van der Waals surface area contributed by atoms with Gasteiger partial charge in [-0.15, -0.1) is 0 Å². The van der Waals surface area contributed by atoms with Crippen LogP contribution in [0.15, 0.2) is 48.7 Å². The van der Waals surface area contributed by atoms with Gasteiger partial charge in [-0.05, 0) is 17.7 Å². The molecular formula is C13H11N3O. The van der Waals surface area contributed by atoms with Crippen LogP contribution in [0.2, 0.25) is 0 Å². The van der Waals surface area contributed by atoms with Crippen molar-refractivity contribution in [1.29, 1.82) is 0 Å². The van der Waals surface area contributed by atoms with Gasteiger partial charge in [0.2, 0.25) is 0 Å². The van der Waals surface area contributed by atoms with Gasteiger partial charge in [0.05, 0.1) is 5.52 Å². The maximum absolute atomic E-state index is 10.2. The number of rotatable bonds is 2. The van der Waals surface area contributed by atoms with Gasteiger partial charge in [-0.1, -0.05) is 30.3 Å². The number of fused-ring (bicyclic) bond motifs is 1. The summed E-state index contributed by atoms with van der Waals surface area (Å²) in [6.07, 6.45) is 0.937. The fourth-order valence-electron chi connectivity index (χ4n) is 1.79. The van der Waals surface area contributed by atoms with Crippen LogP contribution in [0.5, 0.6) is 0 Å². The average molecular weight is 225 g/mol. The molecule has 0 fully saturated rings. The molecule has 2 aromatic heterocycles. The number of pyridine rings is 1. The first-order valence-corrected chi connectivity index (χ1v) is 5.38. The second kappa shape index (κ2) is 3.99. The van der Waals surface area contributed by atoms with E-state index in [1.165, 1.54) is 0 Å². The molecule has 1 atom stereocenters. The zero-order valence-electron chi connectivity index (χ0n) is 9.04. The summed E-state index contributed by atoms with van der Waals surface area (Å²) < 4.78 is 0. The second-order valence-electron chi connectivity index (χ2n) is 3.81. The maximum atomic E-state index is 10.2. The van der Waals surface area contributed by atoms with Crippen LogP contribution in [-0.2, 0) is 0 Å². The van der Waals surface area contributed by atoms with Crippen molar-refractivity contribution >= 4 is 11.2 Å². The van der Waals surface area contributed by atoms with E-state index in [-0.39, 0.29) is 0 Å². The summed E-state index contributed by atoms with van der Waals surface area (Å²) in [5.74, 6) is 0.518. The monoisotopic (exact) mass is 225 g/mol. The standard InChI is InChI=1S/C13H11N3O/c17-11(9-5-2-1-3-6-9)13-15-10-7-4-8-14-12(10)16-13/h1-8,11,17H,(H,14,15,16). The lowest BCUT2D eigenvalue weighted by Gasteiger charge is -2.06. The maximum Gasteiger partial charge on any atom is 0.177 e. The summed E-state index contributed by atoms with van der Waals surface area (Å²) >= 11 is 0. The van der Waals surface area contributed by atoms with Crippen molar-refractivity contribution in [3.05, 3.63) is 60.0 Å². The number of nitrogens with zero attached hydrogens (tertiary/aromatic N) is 2. The van der Waals surface area contributed by atoms with Crippen molar-refractivity contribution in [1.82, 2.24) is 15.0 Å². The number of hydrogen-bond donors (Lipinski definition) is 2. The highest BCUT2D eigenvalue weighted by atomic mass is 16.3. The van der Waals surface area contributed by atoms with Crippen LogP contribution < -0.4 is 0 Å². The second-order valence-corrected chi connectivity index (χ2v) is 3.81. The van der Waals surface area contributed by atoms with Gasteiger partial charge in [-0.3, -0.25) is 0 Å². The number of aliphatic hydroxyl groups is 1. The van der Waals surface area contributed by atoms with Crippen LogP contribution >= 0.6 is 0 Å². The molecule has 1 unspecified atom stereocenters. The summed E-state index contributed by atoms with van der Waals surface area (Å²) in [6, 6.07) is 13.1. The van der Waals surface area contributed by atoms with Gasteiger partial charge in [0.15, 0.2) is 5.65 Å². The predicted molar refractivity (Wildman–Crippen MR) is 64.4 cm³/mol. The van der Waals surface area contributed by atoms with Gasteiger partial charge in [0, 0.05) is 6.20 Å². The highest BCUT2D eigenvalue weighted by Gasteiger charge is 2.14. The van der Waals surface area contributed by atoms with E-state index in [0.717, 1.165) is 11.1 Å². The number of hydrogen-bond acceptors (Lipinski definition) is 3. The molecule has 0 aliphatic carbocycles. The van der Waals surface area contributed by atoms with Crippen molar-refractivity contribution in [2.75, 3.05) is 0 Å². The van der Waals surface area contributed by atoms with E-state index in [2.05, 4.69) is 15.0 Å². The molecule has 0 saturated carbocycles. The number of aliphatic hydroxyl groups excluding tert-OH is 1. The topological polar surface area (TPSA) is 61.8 Å². The molecule has 3 aromatic rings. The first-order valence-electron chi connectivity index (χ1n) is 5.38. The van der Waals surface area contributed by atoms with Gasteiger partial charge < -0.3 is 10.1 Å². The third kappa shape index (κ3) is 1.79. The molecular weight excluding hydrogens is 214 g/mol. The van der Waals surface area contributed by atoms with E-state index in [9.17, 15) is 5.11 Å². The Morgan fingerprint density at radius 3 is 2.65 bits per heavy atom. The van der Waals surface area contributed by atoms with Crippen LogP contribution in [0.1, 0.15) is 17.5 Å². The Labute approximate surface area is 98.0 Å². The van der Waals surface area contributed by atoms with E-state index in [1.54, 1.807) is 6.20 Å². The summed E-state index contributed by atoms with van der Waals surface area (Å²) in [5, 5.41) is 10.2. The zero-order valence-corrected chi connectivity index (χ0v) is 9.04. The van der Waals surface area contributed by atoms with Crippen molar-refractivity contribution < 1.29 is 5.11 Å². The van der Waals surface area contributed by atoms with Gasteiger partial charge in [0.25, 0.3) is 0 Å². The minimum Gasteiger partial charge on any atom is -0.380 e. The number of benzene rings is 1. The Balaban J connectivity index is 2.04. The quantitative estimate of drug-likeness (QED) is 0.701. The highest BCUT2D eigenvalue weighted by Crippen LogP contribution is 2.20. The Morgan fingerprint density at radius 1 is 1.06 bits per heavy atom. The normalized spacial score (nSPS) is 12.8. The summed E-state index contributed by atoms with van der Waals surface area (Å²) in [6.45, 7) is 0. The molecule has 2 heterocycles. The number of imidazole rings is 1. The van der Waals surface area contributed by atoms with E-state index in [1.807, 2.05) is 42.5 Å². The molecule has 0 radical (unpaired) electrons. The minimum atomic E-state index is -0.745. The van der Waals surface area contributed by atoms with E-state index in [0.29, 0.717) is 11.5 Å². The molecule has 3 rings (SSSR count). The van der Waals surface area contributed by atoms with Gasteiger partial charge in [-0.25, -0.2) is 9.97 Å². The van der Waals surface area contributed by atoms with Crippen LogP contribution in [0.4, 0.5) is 0 Å². The van der Waals surface area contributed by atoms with E-state index < -0.39 is 6.10 Å². The molecule has 0 aliphatic rings. The van der Waals surface area contributed by atoms with Crippen LogP contribution in [0, 0.1) is 0 Å². The van der Waals surface area contributed by atoms with Crippen LogP contribution in [0.3, 0.4) is 0 Å². The Hall–Kier alpha value is -2.20. The van der Waals surface area contributed by atoms with Crippen molar-refractivity contribution in [3.8, 4) is 0 Å². The van der Waals surface area contributed by atoms with Gasteiger partial charge in [0.1, 0.15) is 11.9 Å². The first-order chi connectivity index (χ1) is 8.34. The molecule has 17 heavy (non-hydrogen) atoms. The lowest BCUT2D eigenvalue weighted by Crippen LogP contribution is -2.01. The fraction of sp³-hybridized carbons (Fsp3) is 0.0769. The zero-order chi connectivity index (χ0) is 11.7. The lowest BCUT2D eigenvalue weighted by molar-refractivity contribution is 0.211. The number of aromatic nitrogens is 3. The van der Waals surface area contributed by atoms with Crippen LogP contribution in [0.25, 0.3) is 11.2 Å². The molecule has 0 saturated heterocycles. The van der Waals surface area contributed by atoms with Gasteiger partial charge >= 0.3 is 0 Å². The predicted octanol–water partition coefficient (Wildman–Crippen LogP) is 2.04. The number of nitrogens with one attached hydrogen (secondary N) is 1. The average Bonchev–Trinajstić information content (AvgIpc) is 2.82. The summed E-state index contributed by atoms with van der Waals surface area (Å²) in [7, 11) is 0. The van der Waals surface area contributed by atoms with E-state index in [4.69, 9.17) is 0 Å². The molecule has 84 valence electrons. The van der Waals surface area contributed by atoms with Crippen LogP contribution in [-0.4, -0.2) is 20.1 Å². The third-order valence-electron chi connectivity index (χ3n) is 2.65. The fourth-order valence-corrected chi connectivity index (χ4v) is 1.79. The molecule has 2 N–H and O–H groups in total. The van der Waals surface area contributed by atoms with E-state index >= 15 is 0 Å². The van der Waals surface area contributed by atoms with Crippen molar-refractivity contribution in [2.24, 2.45) is 0 Å². The number of H-pyrrole nitrogens is 1. The molecule has 4 nitrogen and oxygen atoms in total. The van der Waals surface area contributed by atoms with Gasteiger partial charge in [-0.2, -0.15) is 0 Å². The van der Waals surface area contributed by atoms with Crippen molar-refractivity contribution in [3.63, 3.8) is 0 Å². The minimum absolute atomic E-state index is 0.518. The SMILES string of the molecule is OC(c1ccccc1)c1nc2ncccc2[nH]1. The smallest absolute Gasteiger partial charge is 0.177 e. The Morgan fingerprint density at radius 2 is 1.88 bits per heavy atom. The largest absolute Gasteiger partial charge is 0.380 e. The highest BCUT2D eigenvalue weighted by molar-refractivity contribution is 5.70. The Kier molecular flexibility index (Phi) is 2.34. The summed E-state index contributed by atoms with van der Waals surface area (Å²) in [5.41, 5.74) is 2.27. The number of aromatic amines is 1.